The van der Waals surface area contributed by atoms with E-state index in [-0.39, 0.29) is 30.3 Å². The van der Waals surface area contributed by atoms with E-state index in [1.165, 1.54) is 0 Å². The summed E-state index contributed by atoms with van der Waals surface area (Å²) in [7, 11) is 0. The molecule has 2 aliphatic heterocycles. The van der Waals surface area contributed by atoms with Gasteiger partial charge in [-0.15, -0.1) is 0 Å². The van der Waals surface area contributed by atoms with Crippen LogP contribution in [0, 0.1) is 5.92 Å². The molecule has 0 bridgehead atoms. The van der Waals surface area contributed by atoms with Crippen LogP contribution in [0.2, 0.25) is 0 Å². The summed E-state index contributed by atoms with van der Waals surface area (Å²) in [4.78, 5) is 47.9. The highest BCUT2D eigenvalue weighted by Crippen LogP contribution is 2.49. The molecule has 1 aliphatic carbocycles. The molecule has 9 nitrogen and oxygen atoms in total. The Morgan fingerprint density at radius 3 is 2.86 bits per heavy atom. The molecule has 2 aromatic rings. The molecular weight excluding hydrogens is 360 g/mol. The molecule has 3 aliphatic rings. The summed E-state index contributed by atoms with van der Waals surface area (Å²) in [5.74, 6) is 0.0615. The lowest BCUT2D eigenvalue weighted by Crippen LogP contribution is -2.57. The van der Waals surface area contributed by atoms with Crippen LogP contribution >= 0.6 is 0 Å². The van der Waals surface area contributed by atoms with Crippen molar-refractivity contribution in [3.63, 3.8) is 0 Å². The summed E-state index contributed by atoms with van der Waals surface area (Å²) in [5, 5.41) is 4.22. The van der Waals surface area contributed by atoms with Crippen molar-refractivity contribution in [3.05, 3.63) is 30.4 Å². The van der Waals surface area contributed by atoms with Gasteiger partial charge in [0.15, 0.2) is 0 Å². The molecule has 28 heavy (non-hydrogen) atoms. The molecule has 9 heteroatoms. The lowest BCUT2D eigenvalue weighted by molar-refractivity contribution is -0.147. The Balaban J connectivity index is 1.39. The van der Waals surface area contributed by atoms with Gasteiger partial charge in [0.2, 0.25) is 11.8 Å². The predicted octanol–water partition coefficient (Wildman–Crippen LogP) is 0.0230. The van der Waals surface area contributed by atoms with Gasteiger partial charge in [-0.05, 0) is 25.7 Å². The second-order valence-electron chi connectivity index (χ2n) is 7.72. The third-order valence-corrected chi connectivity index (χ3v) is 6.19. The second-order valence-corrected chi connectivity index (χ2v) is 7.72. The average Bonchev–Trinajstić information content (AvgIpc) is 3.18. The maximum Gasteiger partial charge on any atom is 0.258 e. The highest BCUT2D eigenvalue weighted by molar-refractivity contribution is 6.03. The monoisotopic (exact) mass is 382 g/mol. The molecule has 0 unspecified atom stereocenters. The number of fused-ring (bicyclic) bond motifs is 2. The van der Waals surface area contributed by atoms with Crippen LogP contribution in [0.15, 0.2) is 24.8 Å². The molecule has 3 amide bonds. The predicted molar refractivity (Wildman–Crippen MR) is 98.3 cm³/mol. The molecule has 1 saturated carbocycles. The van der Waals surface area contributed by atoms with Gasteiger partial charge in [0, 0.05) is 38.1 Å². The molecule has 0 N–H and O–H groups in total. The zero-order valence-electron chi connectivity index (χ0n) is 15.7. The number of hydrogen-bond donors (Lipinski definition) is 0. The Hall–Kier alpha value is -2.97. The molecule has 0 radical (unpaired) electrons. The molecular formula is C19H22N6O3. The molecule has 146 valence electrons. The van der Waals surface area contributed by atoms with Crippen molar-refractivity contribution in [2.24, 2.45) is 5.92 Å². The van der Waals surface area contributed by atoms with Crippen molar-refractivity contribution in [2.75, 3.05) is 26.2 Å². The molecule has 0 spiro atoms. The summed E-state index contributed by atoms with van der Waals surface area (Å²) >= 11 is 0. The van der Waals surface area contributed by atoms with E-state index in [4.69, 9.17) is 0 Å². The summed E-state index contributed by atoms with van der Waals surface area (Å²) < 4.78 is 1.61. The van der Waals surface area contributed by atoms with Crippen molar-refractivity contribution in [3.8, 4) is 0 Å². The molecule has 2 aromatic heterocycles. The Bertz CT molecular complexity index is 971. The number of nitrogens with zero attached hydrogens (tertiary/aromatic N) is 6. The third kappa shape index (κ3) is 2.56. The number of amides is 3. The Labute approximate surface area is 161 Å². The highest BCUT2D eigenvalue weighted by Gasteiger charge is 2.57. The number of likely N-dealkylation sites (N-methyl/N-ethyl adjacent to an activating group) is 1. The number of hydrogen-bond acceptors (Lipinski definition) is 5. The van der Waals surface area contributed by atoms with Crippen molar-refractivity contribution < 1.29 is 14.4 Å². The largest absolute Gasteiger partial charge is 0.340 e. The van der Waals surface area contributed by atoms with Crippen LogP contribution in [0.3, 0.4) is 0 Å². The van der Waals surface area contributed by atoms with Crippen LogP contribution in [0.1, 0.15) is 30.1 Å². The van der Waals surface area contributed by atoms with Gasteiger partial charge in [-0.2, -0.15) is 5.10 Å². The Morgan fingerprint density at radius 1 is 1.21 bits per heavy atom. The Morgan fingerprint density at radius 2 is 2.07 bits per heavy atom. The standard InChI is InChI=1S/C19H22N6O3/c1-2-22-5-6-23(11-17(22)26)19(28)15-8-12-7-14(12)25(15)18(27)13-9-21-24-4-3-20-10-16(13)24/h3-4,9-10,12,14-15H,2,5-8,11H2,1H3/t12-,14-,15-/m0/s1. The van der Waals surface area contributed by atoms with E-state index in [0.29, 0.717) is 43.1 Å². The molecule has 2 saturated heterocycles. The molecule has 3 fully saturated rings. The number of likely N-dealkylation sites (tertiary alicyclic amines) is 1. The van der Waals surface area contributed by atoms with E-state index in [1.807, 2.05) is 6.92 Å². The minimum absolute atomic E-state index is 0.0307. The van der Waals surface area contributed by atoms with Crippen LogP contribution in [0.5, 0.6) is 0 Å². The van der Waals surface area contributed by atoms with Gasteiger partial charge in [-0.1, -0.05) is 0 Å². The quantitative estimate of drug-likeness (QED) is 0.747. The van der Waals surface area contributed by atoms with Crippen LogP contribution in [0.25, 0.3) is 5.52 Å². The lowest BCUT2D eigenvalue weighted by Gasteiger charge is -2.37. The topological polar surface area (TPSA) is 91.1 Å². The number of carbonyl (C=O) groups is 3. The summed E-state index contributed by atoms with van der Waals surface area (Å²) in [6, 6.07) is -0.385. The van der Waals surface area contributed by atoms with Crippen LogP contribution in [-0.4, -0.2) is 85.3 Å². The van der Waals surface area contributed by atoms with Gasteiger partial charge in [0.25, 0.3) is 5.91 Å². The maximum atomic E-state index is 13.3. The van der Waals surface area contributed by atoms with E-state index < -0.39 is 6.04 Å². The van der Waals surface area contributed by atoms with Gasteiger partial charge in [0.05, 0.1) is 30.0 Å². The minimum Gasteiger partial charge on any atom is -0.340 e. The van der Waals surface area contributed by atoms with Crippen molar-refractivity contribution in [1.82, 2.24) is 29.3 Å². The zero-order valence-corrected chi connectivity index (χ0v) is 15.7. The first kappa shape index (κ1) is 17.2. The van der Waals surface area contributed by atoms with Crippen LogP contribution in [0.4, 0.5) is 0 Å². The van der Waals surface area contributed by atoms with Crippen molar-refractivity contribution in [2.45, 2.75) is 31.8 Å². The average molecular weight is 382 g/mol. The van der Waals surface area contributed by atoms with Gasteiger partial charge in [-0.25, -0.2) is 4.52 Å². The molecule has 5 rings (SSSR count). The number of piperazine rings is 1. The zero-order chi connectivity index (χ0) is 19.4. The van der Waals surface area contributed by atoms with Gasteiger partial charge >= 0.3 is 0 Å². The highest BCUT2D eigenvalue weighted by atomic mass is 16.2. The number of rotatable bonds is 3. The second kappa shape index (κ2) is 6.29. The first-order valence-electron chi connectivity index (χ1n) is 9.75. The van der Waals surface area contributed by atoms with Gasteiger partial charge in [0.1, 0.15) is 6.04 Å². The van der Waals surface area contributed by atoms with Crippen molar-refractivity contribution in [1.29, 1.82) is 0 Å². The first-order valence-corrected chi connectivity index (χ1v) is 9.75. The van der Waals surface area contributed by atoms with Crippen LogP contribution < -0.4 is 0 Å². The normalized spacial score (nSPS) is 26.7. The van der Waals surface area contributed by atoms with Gasteiger partial charge in [-0.3, -0.25) is 19.4 Å². The van der Waals surface area contributed by atoms with Gasteiger partial charge < -0.3 is 14.7 Å². The first-order chi connectivity index (χ1) is 13.6. The molecule has 0 aromatic carbocycles. The van der Waals surface area contributed by atoms with E-state index in [2.05, 4.69) is 10.1 Å². The van der Waals surface area contributed by atoms with E-state index in [1.54, 1.807) is 44.0 Å². The van der Waals surface area contributed by atoms with E-state index in [9.17, 15) is 14.4 Å². The number of piperidine rings is 1. The van der Waals surface area contributed by atoms with E-state index >= 15 is 0 Å². The number of carbonyl (C=O) groups excluding carboxylic acids is 3. The fourth-order valence-electron chi connectivity index (χ4n) is 4.55. The smallest absolute Gasteiger partial charge is 0.258 e. The maximum absolute atomic E-state index is 13.3. The number of aromatic nitrogens is 3. The fraction of sp³-hybridized carbons (Fsp3) is 0.526. The van der Waals surface area contributed by atoms with Crippen LogP contribution in [-0.2, 0) is 9.59 Å². The molecule has 4 heterocycles. The summed E-state index contributed by atoms with van der Waals surface area (Å²) in [5.41, 5.74) is 1.10. The Kier molecular flexibility index (Phi) is 3.85. The summed E-state index contributed by atoms with van der Waals surface area (Å²) in [6.45, 7) is 3.76. The third-order valence-electron chi connectivity index (χ3n) is 6.19. The SMILES string of the molecule is CCN1CCN(C(=O)[C@@H]2C[C@@H]3C[C@@H]3N2C(=O)c2cnn3ccncc23)CC1=O. The fourth-order valence-corrected chi connectivity index (χ4v) is 4.55. The molecule has 3 atom stereocenters. The lowest BCUT2D eigenvalue weighted by atomic mass is 10.1. The van der Waals surface area contributed by atoms with Crippen molar-refractivity contribution >= 4 is 23.2 Å². The summed E-state index contributed by atoms with van der Waals surface area (Å²) in [6.07, 6.45) is 8.07. The minimum atomic E-state index is -0.496. The van der Waals surface area contributed by atoms with E-state index in [0.717, 1.165) is 6.42 Å².